The minimum Gasteiger partial charge on any atom is -0.445 e. The number of amides is 1. The van der Waals surface area contributed by atoms with Gasteiger partial charge in [-0.15, -0.1) is 0 Å². The van der Waals surface area contributed by atoms with Crippen LogP contribution in [-0.2, 0) is 34.6 Å². The Morgan fingerprint density at radius 2 is 1.72 bits per heavy atom. The normalized spacial score (nSPS) is 11.3. The van der Waals surface area contributed by atoms with Gasteiger partial charge in [0.2, 0.25) is 0 Å². The topological polar surface area (TPSA) is 102 Å². The fourth-order valence-corrected chi connectivity index (χ4v) is 3.84. The summed E-state index contributed by atoms with van der Waals surface area (Å²) in [5.74, 6) is 0.167. The van der Waals surface area contributed by atoms with E-state index in [0.717, 1.165) is 25.7 Å². The molecule has 0 atom stereocenters. The summed E-state index contributed by atoms with van der Waals surface area (Å²) in [7, 11) is -0.970. The number of benzene rings is 2. The molecule has 168 valence electrons. The van der Waals surface area contributed by atoms with Crippen LogP contribution in [0.1, 0.15) is 27.3 Å². The van der Waals surface area contributed by atoms with Gasteiger partial charge in [-0.3, -0.25) is 9.69 Å². The van der Waals surface area contributed by atoms with E-state index in [1.807, 2.05) is 30.3 Å². The van der Waals surface area contributed by atoms with Crippen molar-refractivity contribution in [3.05, 3.63) is 89.5 Å². The summed E-state index contributed by atoms with van der Waals surface area (Å²) < 4.78 is 32.7. The molecule has 0 N–H and O–H groups in total. The van der Waals surface area contributed by atoms with Crippen molar-refractivity contribution in [3.8, 4) is 0 Å². The summed E-state index contributed by atoms with van der Waals surface area (Å²) >= 11 is 0. The molecule has 0 unspecified atom stereocenters. The van der Waals surface area contributed by atoms with Gasteiger partial charge < -0.3 is 4.74 Å². The molecule has 0 saturated heterocycles. The molecular formula is C22H24N4O5S. The SMILES string of the molecule is CN(C)S(=O)(=O)n1ccnc1CN(Cc1ccc(C=O)cc1)C(=O)OCc1ccccc1. The predicted octanol–water partition coefficient (Wildman–Crippen LogP) is 2.69. The van der Waals surface area contributed by atoms with Gasteiger partial charge >= 0.3 is 16.3 Å². The van der Waals surface area contributed by atoms with Gasteiger partial charge in [-0.1, -0.05) is 54.6 Å². The third-order valence-electron chi connectivity index (χ3n) is 4.67. The number of imidazole rings is 1. The molecule has 9 nitrogen and oxygen atoms in total. The van der Waals surface area contributed by atoms with E-state index in [0.29, 0.717) is 5.56 Å². The van der Waals surface area contributed by atoms with E-state index >= 15 is 0 Å². The van der Waals surface area contributed by atoms with Gasteiger partial charge in [-0.25, -0.2) is 13.8 Å². The number of aldehydes is 1. The molecule has 0 aliphatic rings. The molecular weight excluding hydrogens is 432 g/mol. The Bertz CT molecular complexity index is 1160. The molecule has 32 heavy (non-hydrogen) atoms. The van der Waals surface area contributed by atoms with Crippen molar-refractivity contribution in [3.63, 3.8) is 0 Å². The predicted molar refractivity (Wildman–Crippen MR) is 118 cm³/mol. The molecule has 3 rings (SSSR count). The van der Waals surface area contributed by atoms with Gasteiger partial charge in [0.1, 0.15) is 18.7 Å². The molecule has 0 radical (unpaired) electrons. The number of ether oxygens (including phenoxy) is 1. The molecule has 0 aliphatic carbocycles. The van der Waals surface area contributed by atoms with Crippen molar-refractivity contribution in [2.24, 2.45) is 0 Å². The number of aromatic nitrogens is 2. The van der Waals surface area contributed by atoms with Gasteiger partial charge in [-0.2, -0.15) is 12.7 Å². The monoisotopic (exact) mass is 456 g/mol. The van der Waals surface area contributed by atoms with Crippen molar-refractivity contribution in [1.82, 2.24) is 18.2 Å². The molecule has 0 fully saturated rings. The quantitative estimate of drug-likeness (QED) is 0.459. The van der Waals surface area contributed by atoms with Crippen LogP contribution in [0.4, 0.5) is 4.79 Å². The third-order valence-corrected chi connectivity index (χ3v) is 6.43. The molecule has 2 aromatic carbocycles. The van der Waals surface area contributed by atoms with Gasteiger partial charge in [0, 0.05) is 38.6 Å². The van der Waals surface area contributed by atoms with Gasteiger partial charge in [0.05, 0.1) is 6.54 Å². The van der Waals surface area contributed by atoms with Crippen LogP contribution in [0.3, 0.4) is 0 Å². The van der Waals surface area contributed by atoms with Crippen molar-refractivity contribution < 1.29 is 22.7 Å². The molecule has 10 heteroatoms. The summed E-state index contributed by atoms with van der Waals surface area (Å²) in [6.45, 7) is 0.120. The molecule has 0 saturated carbocycles. The summed E-state index contributed by atoms with van der Waals surface area (Å²) in [6.07, 6.45) is 2.81. The first-order chi connectivity index (χ1) is 15.3. The summed E-state index contributed by atoms with van der Waals surface area (Å²) in [5, 5.41) is 0. The van der Waals surface area contributed by atoms with E-state index in [1.165, 1.54) is 31.4 Å². The van der Waals surface area contributed by atoms with Crippen LogP contribution in [0.5, 0.6) is 0 Å². The Morgan fingerprint density at radius 3 is 2.34 bits per heavy atom. The van der Waals surface area contributed by atoms with Crippen LogP contribution < -0.4 is 0 Å². The fourth-order valence-electron chi connectivity index (χ4n) is 2.91. The first kappa shape index (κ1) is 23.2. The maximum atomic E-state index is 12.9. The Hall–Kier alpha value is -3.50. The first-order valence-electron chi connectivity index (χ1n) is 9.76. The molecule has 1 amide bonds. The molecule has 1 heterocycles. The second-order valence-corrected chi connectivity index (χ2v) is 9.20. The number of rotatable bonds is 9. The van der Waals surface area contributed by atoms with E-state index in [1.54, 1.807) is 24.3 Å². The van der Waals surface area contributed by atoms with Crippen LogP contribution in [0.2, 0.25) is 0 Å². The lowest BCUT2D eigenvalue weighted by atomic mass is 10.1. The Morgan fingerprint density at radius 1 is 1.03 bits per heavy atom. The van der Waals surface area contributed by atoms with Crippen molar-refractivity contribution in [2.75, 3.05) is 14.1 Å². The van der Waals surface area contributed by atoms with E-state index in [9.17, 15) is 18.0 Å². The van der Waals surface area contributed by atoms with Crippen LogP contribution in [0.25, 0.3) is 0 Å². The first-order valence-corrected chi connectivity index (χ1v) is 11.2. The Balaban J connectivity index is 1.84. The summed E-state index contributed by atoms with van der Waals surface area (Å²) in [4.78, 5) is 29.3. The molecule has 1 aromatic heterocycles. The van der Waals surface area contributed by atoms with Gasteiger partial charge in [0.15, 0.2) is 0 Å². The smallest absolute Gasteiger partial charge is 0.410 e. The highest BCUT2D eigenvalue weighted by molar-refractivity contribution is 7.87. The number of hydrogen-bond donors (Lipinski definition) is 0. The van der Waals surface area contributed by atoms with E-state index < -0.39 is 16.3 Å². The highest BCUT2D eigenvalue weighted by atomic mass is 32.2. The molecule has 3 aromatic rings. The standard InChI is InChI=1S/C22H24N4O5S/c1-24(2)32(29,30)26-13-12-23-21(26)15-25(14-18-8-10-19(16-27)11-9-18)22(28)31-17-20-6-4-3-5-7-20/h3-13,16H,14-15,17H2,1-2H3. The summed E-state index contributed by atoms with van der Waals surface area (Å²) in [5.41, 5.74) is 2.09. The average Bonchev–Trinajstić information content (AvgIpc) is 3.27. The van der Waals surface area contributed by atoms with Gasteiger partial charge in [-0.05, 0) is 11.1 Å². The highest BCUT2D eigenvalue weighted by Crippen LogP contribution is 2.15. The number of carbonyl (C=O) groups excluding carboxylic acids is 2. The van der Waals surface area contributed by atoms with E-state index in [4.69, 9.17) is 4.74 Å². The average molecular weight is 457 g/mol. The lowest BCUT2D eigenvalue weighted by Gasteiger charge is -2.23. The number of nitrogens with zero attached hydrogens (tertiary/aromatic N) is 4. The van der Waals surface area contributed by atoms with Crippen LogP contribution in [-0.4, -0.2) is 53.1 Å². The third kappa shape index (κ3) is 5.59. The van der Waals surface area contributed by atoms with Gasteiger partial charge in [0.25, 0.3) is 0 Å². The maximum Gasteiger partial charge on any atom is 0.410 e. The van der Waals surface area contributed by atoms with E-state index in [-0.39, 0.29) is 25.5 Å². The minimum absolute atomic E-state index is 0.0741. The molecule has 0 bridgehead atoms. The minimum atomic E-state index is -3.80. The van der Waals surface area contributed by atoms with Crippen LogP contribution >= 0.6 is 0 Å². The Kier molecular flexibility index (Phi) is 7.39. The summed E-state index contributed by atoms with van der Waals surface area (Å²) in [6, 6.07) is 16.0. The zero-order chi connectivity index (χ0) is 23.1. The highest BCUT2D eigenvalue weighted by Gasteiger charge is 2.24. The lowest BCUT2D eigenvalue weighted by molar-refractivity contribution is 0.0900. The largest absolute Gasteiger partial charge is 0.445 e. The van der Waals surface area contributed by atoms with E-state index in [2.05, 4.69) is 4.98 Å². The number of carbonyl (C=O) groups is 2. The zero-order valence-electron chi connectivity index (χ0n) is 17.8. The molecule has 0 spiro atoms. The fraction of sp³-hybridized carbons (Fsp3) is 0.227. The molecule has 0 aliphatic heterocycles. The van der Waals surface area contributed by atoms with Crippen molar-refractivity contribution >= 4 is 22.6 Å². The van der Waals surface area contributed by atoms with Crippen molar-refractivity contribution in [1.29, 1.82) is 0 Å². The maximum absolute atomic E-state index is 12.9. The zero-order valence-corrected chi connectivity index (χ0v) is 18.6. The second-order valence-electron chi connectivity index (χ2n) is 7.19. The van der Waals surface area contributed by atoms with Crippen LogP contribution in [0, 0.1) is 0 Å². The van der Waals surface area contributed by atoms with Crippen LogP contribution in [0.15, 0.2) is 67.0 Å². The second kappa shape index (κ2) is 10.2. The lowest BCUT2D eigenvalue weighted by Crippen LogP contribution is -2.34. The van der Waals surface area contributed by atoms with Crippen molar-refractivity contribution in [2.45, 2.75) is 19.7 Å². The Labute approximate surface area is 187 Å². The number of hydrogen-bond acceptors (Lipinski definition) is 6.